The van der Waals surface area contributed by atoms with Gasteiger partial charge in [-0.2, -0.15) is 0 Å². The summed E-state index contributed by atoms with van der Waals surface area (Å²) in [6.07, 6.45) is 8.20. The fourth-order valence-corrected chi connectivity index (χ4v) is 3.13. The van der Waals surface area contributed by atoms with Crippen molar-refractivity contribution in [1.82, 2.24) is 10.2 Å². The molecule has 18 heavy (non-hydrogen) atoms. The number of hydrogen-bond donors (Lipinski definition) is 1. The topological polar surface area (TPSA) is 28.4 Å². The Kier molecular flexibility index (Phi) is 5.26. The summed E-state index contributed by atoms with van der Waals surface area (Å²) < 4.78 is 5.64. The molecule has 2 rings (SSSR count). The fourth-order valence-electron chi connectivity index (χ4n) is 3.13. The van der Waals surface area contributed by atoms with Crippen LogP contribution in [0.1, 0.15) is 50.8 Å². The SMILES string of the molecule is CCC(c1ccco1)N1CCCCC1CCNC. The van der Waals surface area contributed by atoms with Gasteiger partial charge in [0.15, 0.2) is 0 Å². The molecule has 0 spiro atoms. The van der Waals surface area contributed by atoms with Crippen LogP contribution in [0.5, 0.6) is 0 Å². The second-order valence-corrected chi connectivity index (χ2v) is 5.22. The standard InChI is InChI=1S/C15H26N2O/c1-3-14(15-8-6-12-18-15)17-11-5-4-7-13(17)9-10-16-2/h6,8,12-14,16H,3-5,7,9-11H2,1-2H3. The van der Waals surface area contributed by atoms with Crippen LogP contribution in [-0.4, -0.2) is 31.1 Å². The smallest absolute Gasteiger partial charge is 0.120 e. The molecular formula is C15H26N2O. The summed E-state index contributed by atoms with van der Waals surface area (Å²) in [6, 6.07) is 5.30. The summed E-state index contributed by atoms with van der Waals surface area (Å²) in [5.74, 6) is 1.13. The first kappa shape index (κ1) is 13.6. The van der Waals surface area contributed by atoms with Crippen LogP contribution < -0.4 is 5.32 Å². The first-order valence-electron chi connectivity index (χ1n) is 7.30. The molecule has 2 atom stereocenters. The molecule has 0 radical (unpaired) electrons. The van der Waals surface area contributed by atoms with Crippen molar-refractivity contribution in [2.75, 3.05) is 20.1 Å². The maximum Gasteiger partial charge on any atom is 0.120 e. The van der Waals surface area contributed by atoms with Crippen molar-refractivity contribution in [2.24, 2.45) is 0 Å². The summed E-state index contributed by atoms with van der Waals surface area (Å²) in [5.41, 5.74) is 0. The molecule has 1 aromatic rings. The Morgan fingerprint density at radius 1 is 1.50 bits per heavy atom. The molecule has 1 saturated heterocycles. The number of hydrogen-bond acceptors (Lipinski definition) is 3. The Labute approximate surface area is 111 Å². The Balaban J connectivity index is 2.06. The molecule has 1 aliphatic rings. The van der Waals surface area contributed by atoms with Crippen molar-refractivity contribution < 1.29 is 4.42 Å². The third-order valence-electron chi connectivity index (χ3n) is 4.06. The zero-order chi connectivity index (χ0) is 12.8. The lowest BCUT2D eigenvalue weighted by molar-refractivity contribution is 0.0745. The van der Waals surface area contributed by atoms with Gasteiger partial charge in [0.2, 0.25) is 0 Å². The highest BCUT2D eigenvalue weighted by Crippen LogP contribution is 2.32. The van der Waals surface area contributed by atoms with E-state index in [1.54, 1.807) is 6.26 Å². The summed E-state index contributed by atoms with van der Waals surface area (Å²) in [6.45, 7) is 4.58. The molecule has 0 aromatic carbocycles. The number of furan rings is 1. The van der Waals surface area contributed by atoms with Gasteiger partial charge in [0, 0.05) is 6.04 Å². The minimum absolute atomic E-state index is 0.460. The summed E-state index contributed by atoms with van der Waals surface area (Å²) in [4.78, 5) is 2.67. The molecule has 2 unspecified atom stereocenters. The van der Waals surface area contributed by atoms with E-state index in [9.17, 15) is 0 Å². The van der Waals surface area contributed by atoms with Gasteiger partial charge in [0.1, 0.15) is 5.76 Å². The van der Waals surface area contributed by atoms with Crippen molar-refractivity contribution in [3.63, 3.8) is 0 Å². The molecular weight excluding hydrogens is 224 g/mol. The molecule has 1 fully saturated rings. The lowest BCUT2D eigenvalue weighted by atomic mass is 9.95. The molecule has 3 nitrogen and oxygen atoms in total. The first-order chi connectivity index (χ1) is 8.86. The minimum Gasteiger partial charge on any atom is -0.468 e. The summed E-state index contributed by atoms with van der Waals surface area (Å²) in [5, 5.41) is 3.28. The van der Waals surface area contributed by atoms with Crippen LogP contribution in [0.25, 0.3) is 0 Å². The summed E-state index contributed by atoms with van der Waals surface area (Å²) >= 11 is 0. The molecule has 1 N–H and O–H groups in total. The normalized spacial score (nSPS) is 23.1. The van der Waals surface area contributed by atoms with Crippen molar-refractivity contribution in [3.8, 4) is 0 Å². The lowest BCUT2D eigenvalue weighted by Gasteiger charge is -2.40. The van der Waals surface area contributed by atoms with Gasteiger partial charge in [-0.1, -0.05) is 13.3 Å². The van der Waals surface area contributed by atoms with Gasteiger partial charge < -0.3 is 9.73 Å². The number of nitrogens with zero attached hydrogens (tertiary/aromatic N) is 1. The number of nitrogens with one attached hydrogen (secondary N) is 1. The van der Waals surface area contributed by atoms with Crippen molar-refractivity contribution in [3.05, 3.63) is 24.2 Å². The highest BCUT2D eigenvalue weighted by Gasteiger charge is 2.29. The Morgan fingerprint density at radius 3 is 3.06 bits per heavy atom. The number of likely N-dealkylation sites (tertiary alicyclic amines) is 1. The lowest BCUT2D eigenvalue weighted by Crippen LogP contribution is -2.43. The average molecular weight is 250 g/mol. The molecule has 0 aliphatic carbocycles. The molecule has 102 valence electrons. The molecule has 2 heterocycles. The maximum absolute atomic E-state index is 5.64. The van der Waals surface area contributed by atoms with E-state index in [1.807, 2.05) is 13.1 Å². The highest BCUT2D eigenvalue weighted by molar-refractivity contribution is 5.05. The van der Waals surface area contributed by atoms with Gasteiger partial charge in [-0.05, 0) is 58.0 Å². The van der Waals surface area contributed by atoms with Crippen LogP contribution in [0, 0.1) is 0 Å². The van der Waals surface area contributed by atoms with Crippen LogP contribution in [0.15, 0.2) is 22.8 Å². The zero-order valence-corrected chi connectivity index (χ0v) is 11.7. The van der Waals surface area contributed by atoms with E-state index < -0.39 is 0 Å². The van der Waals surface area contributed by atoms with Crippen LogP contribution in [0.3, 0.4) is 0 Å². The van der Waals surface area contributed by atoms with E-state index in [2.05, 4.69) is 23.2 Å². The Morgan fingerprint density at radius 2 is 2.39 bits per heavy atom. The van der Waals surface area contributed by atoms with Gasteiger partial charge in [0.25, 0.3) is 0 Å². The third kappa shape index (κ3) is 3.15. The Hall–Kier alpha value is -0.800. The van der Waals surface area contributed by atoms with E-state index in [1.165, 1.54) is 32.2 Å². The van der Waals surface area contributed by atoms with Crippen molar-refractivity contribution in [1.29, 1.82) is 0 Å². The van der Waals surface area contributed by atoms with Gasteiger partial charge in [-0.3, -0.25) is 4.90 Å². The minimum atomic E-state index is 0.460. The fraction of sp³-hybridized carbons (Fsp3) is 0.733. The predicted octanol–water partition coefficient (Wildman–Crippen LogP) is 3.19. The Bertz CT molecular complexity index is 323. The molecule has 3 heteroatoms. The van der Waals surface area contributed by atoms with E-state index in [0.29, 0.717) is 12.1 Å². The van der Waals surface area contributed by atoms with Gasteiger partial charge >= 0.3 is 0 Å². The van der Waals surface area contributed by atoms with Gasteiger partial charge in [-0.15, -0.1) is 0 Å². The van der Waals surface area contributed by atoms with Crippen LogP contribution >= 0.6 is 0 Å². The molecule has 0 saturated carbocycles. The quantitative estimate of drug-likeness (QED) is 0.840. The average Bonchev–Trinajstić information content (AvgIpc) is 2.92. The van der Waals surface area contributed by atoms with E-state index in [4.69, 9.17) is 4.42 Å². The monoisotopic (exact) mass is 250 g/mol. The second kappa shape index (κ2) is 6.95. The van der Waals surface area contributed by atoms with Crippen molar-refractivity contribution >= 4 is 0 Å². The van der Waals surface area contributed by atoms with E-state index >= 15 is 0 Å². The number of rotatable bonds is 6. The third-order valence-corrected chi connectivity index (χ3v) is 4.06. The van der Waals surface area contributed by atoms with Crippen LogP contribution in [0.4, 0.5) is 0 Å². The zero-order valence-electron chi connectivity index (χ0n) is 11.7. The van der Waals surface area contributed by atoms with Crippen LogP contribution in [-0.2, 0) is 0 Å². The second-order valence-electron chi connectivity index (χ2n) is 5.22. The molecule has 1 aliphatic heterocycles. The van der Waals surface area contributed by atoms with E-state index in [-0.39, 0.29) is 0 Å². The van der Waals surface area contributed by atoms with Crippen LogP contribution in [0.2, 0.25) is 0 Å². The van der Waals surface area contributed by atoms with Gasteiger partial charge in [0.05, 0.1) is 12.3 Å². The molecule has 0 bridgehead atoms. The highest BCUT2D eigenvalue weighted by atomic mass is 16.3. The van der Waals surface area contributed by atoms with E-state index in [0.717, 1.165) is 18.7 Å². The first-order valence-corrected chi connectivity index (χ1v) is 7.30. The summed E-state index contributed by atoms with van der Waals surface area (Å²) in [7, 11) is 2.04. The van der Waals surface area contributed by atoms with Gasteiger partial charge in [-0.25, -0.2) is 0 Å². The molecule has 1 aromatic heterocycles. The number of piperidine rings is 1. The maximum atomic E-state index is 5.64. The molecule has 0 amide bonds. The predicted molar refractivity (Wildman–Crippen MR) is 74.6 cm³/mol. The largest absolute Gasteiger partial charge is 0.468 e. The van der Waals surface area contributed by atoms with Crippen molar-refractivity contribution in [2.45, 2.75) is 51.1 Å².